The van der Waals surface area contributed by atoms with Gasteiger partial charge in [-0.15, -0.1) is 0 Å². The van der Waals surface area contributed by atoms with Crippen molar-refractivity contribution in [3.63, 3.8) is 0 Å². The highest BCUT2D eigenvalue weighted by molar-refractivity contribution is 7.89. The Labute approximate surface area is 141 Å². The van der Waals surface area contributed by atoms with Crippen molar-refractivity contribution in [1.29, 1.82) is 0 Å². The molecule has 2 rings (SSSR count). The summed E-state index contributed by atoms with van der Waals surface area (Å²) in [4.78, 5) is 2.34. The highest BCUT2D eigenvalue weighted by Gasteiger charge is 2.26. The molecular formula is C18H30N2O2S. The van der Waals surface area contributed by atoms with Crippen molar-refractivity contribution in [1.82, 2.24) is 9.21 Å². The zero-order chi connectivity index (χ0) is 16.9. The van der Waals surface area contributed by atoms with Gasteiger partial charge in [-0.3, -0.25) is 4.90 Å². The van der Waals surface area contributed by atoms with E-state index in [4.69, 9.17) is 0 Å². The second-order valence-electron chi connectivity index (χ2n) is 6.74. The zero-order valence-corrected chi connectivity index (χ0v) is 15.5. The lowest BCUT2D eigenvalue weighted by molar-refractivity contribution is 0.181. The molecular weight excluding hydrogens is 308 g/mol. The van der Waals surface area contributed by atoms with Gasteiger partial charge in [-0.05, 0) is 23.5 Å². The second-order valence-corrected chi connectivity index (χ2v) is 8.83. The monoisotopic (exact) mass is 338 g/mol. The largest absolute Gasteiger partial charge is 0.296 e. The Hall–Kier alpha value is -0.910. The van der Waals surface area contributed by atoms with E-state index in [0.717, 1.165) is 32.5 Å². The Morgan fingerprint density at radius 1 is 1.04 bits per heavy atom. The van der Waals surface area contributed by atoms with Crippen molar-refractivity contribution in [3.8, 4) is 0 Å². The van der Waals surface area contributed by atoms with Crippen LogP contribution in [0, 0.1) is 0 Å². The van der Waals surface area contributed by atoms with E-state index in [1.807, 2.05) is 6.92 Å². The van der Waals surface area contributed by atoms with E-state index >= 15 is 0 Å². The molecule has 0 unspecified atom stereocenters. The van der Waals surface area contributed by atoms with Crippen LogP contribution in [0.5, 0.6) is 0 Å². The van der Waals surface area contributed by atoms with Crippen LogP contribution in [0.2, 0.25) is 0 Å². The standard InChI is InChI=1S/C18H30N2O2S/c1-4-5-14-23(21,22)20-12-10-19(11-13-20)15-17-6-8-18(9-7-17)16(2)3/h6-9,16H,4-5,10-15H2,1-3H3. The van der Waals surface area contributed by atoms with Crippen LogP contribution in [-0.4, -0.2) is 49.6 Å². The quantitative estimate of drug-likeness (QED) is 0.767. The molecule has 5 heteroatoms. The number of piperazine rings is 1. The van der Waals surface area contributed by atoms with Gasteiger partial charge in [-0.1, -0.05) is 51.5 Å². The highest BCUT2D eigenvalue weighted by Crippen LogP contribution is 2.17. The Morgan fingerprint density at radius 2 is 1.65 bits per heavy atom. The summed E-state index contributed by atoms with van der Waals surface area (Å²) in [7, 11) is -3.05. The van der Waals surface area contributed by atoms with Gasteiger partial charge in [0.15, 0.2) is 0 Å². The number of sulfonamides is 1. The minimum Gasteiger partial charge on any atom is -0.296 e. The predicted octanol–water partition coefficient (Wildman–Crippen LogP) is 3.06. The number of hydrogen-bond acceptors (Lipinski definition) is 3. The van der Waals surface area contributed by atoms with E-state index in [1.165, 1.54) is 11.1 Å². The molecule has 0 N–H and O–H groups in total. The maximum Gasteiger partial charge on any atom is 0.214 e. The normalized spacial score (nSPS) is 17.7. The minimum atomic E-state index is -3.05. The number of benzene rings is 1. The van der Waals surface area contributed by atoms with E-state index in [-0.39, 0.29) is 0 Å². The molecule has 1 aromatic rings. The topological polar surface area (TPSA) is 40.6 Å². The summed E-state index contributed by atoms with van der Waals surface area (Å²) in [5, 5.41) is 0. The van der Waals surface area contributed by atoms with Crippen LogP contribution in [0.25, 0.3) is 0 Å². The minimum absolute atomic E-state index is 0.292. The smallest absolute Gasteiger partial charge is 0.214 e. The van der Waals surface area contributed by atoms with Crippen LogP contribution in [0.4, 0.5) is 0 Å². The Bertz CT molecular complexity index is 574. The van der Waals surface area contributed by atoms with Crippen LogP contribution < -0.4 is 0 Å². The Balaban J connectivity index is 1.85. The lowest BCUT2D eigenvalue weighted by atomic mass is 10.0. The van der Waals surface area contributed by atoms with Gasteiger partial charge in [-0.25, -0.2) is 8.42 Å². The second kappa shape index (κ2) is 8.27. The third-order valence-corrected chi connectivity index (χ3v) is 6.49. The Kier molecular flexibility index (Phi) is 6.62. The third kappa shape index (κ3) is 5.30. The van der Waals surface area contributed by atoms with Crippen molar-refractivity contribution >= 4 is 10.0 Å². The molecule has 0 saturated carbocycles. The van der Waals surface area contributed by atoms with Crippen molar-refractivity contribution in [2.24, 2.45) is 0 Å². The summed E-state index contributed by atoms with van der Waals surface area (Å²) in [6.07, 6.45) is 1.68. The van der Waals surface area contributed by atoms with Crippen LogP contribution in [0.15, 0.2) is 24.3 Å². The first-order chi connectivity index (χ1) is 10.9. The fourth-order valence-corrected chi connectivity index (χ4v) is 4.52. The summed E-state index contributed by atoms with van der Waals surface area (Å²) in [6, 6.07) is 8.79. The van der Waals surface area contributed by atoms with Gasteiger partial charge in [0, 0.05) is 32.7 Å². The fourth-order valence-electron chi connectivity index (χ4n) is 2.89. The van der Waals surface area contributed by atoms with Crippen LogP contribution in [-0.2, 0) is 16.6 Å². The van der Waals surface area contributed by atoms with E-state index in [2.05, 4.69) is 43.0 Å². The highest BCUT2D eigenvalue weighted by atomic mass is 32.2. The van der Waals surface area contributed by atoms with Gasteiger partial charge >= 0.3 is 0 Å². The molecule has 0 bridgehead atoms. The van der Waals surface area contributed by atoms with Crippen molar-refractivity contribution in [3.05, 3.63) is 35.4 Å². The number of nitrogens with zero attached hydrogens (tertiary/aromatic N) is 2. The Morgan fingerprint density at radius 3 is 2.17 bits per heavy atom. The van der Waals surface area contributed by atoms with Gasteiger partial charge in [0.1, 0.15) is 0 Å². The number of rotatable bonds is 7. The maximum absolute atomic E-state index is 12.2. The van der Waals surface area contributed by atoms with E-state index in [9.17, 15) is 8.42 Å². The fraction of sp³-hybridized carbons (Fsp3) is 0.667. The SMILES string of the molecule is CCCCS(=O)(=O)N1CCN(Cc2ccc(C(C)C)cc2)CC1. The molecule has 4 nitrogen and oxygen atoms in total. The van der Waals surface area contributed by atoms with Gasteiger partial charge in [0.2, 0.25) is 10.0 Å². The van der Waals surface area contributed by atoms with Crippen LogP contribution in [0.1, 0.15) is 50.7 Å². The molecule has 23 heavy (non-hydrogen) atoms. The summed E-state index contributed by atoms with van der Waals surface area (Å²) >= 11 is 0. The lowest BCUT2D eigenvalue weighted by Gasteiger charge is -2.34. The molecule has 0 amide bonds. The first-order valence-electron chi connectivity index (χ1n) is 8.71. The summed E-state index contributed by atoms with van der Waals surface area (Å²) < 4.78 is 26.1. The predicted molar refractivity (Wildman–Crippen MR) is 96.1 cm³/mol. The maximum atomic E-state index is 12.2. The van der Waals surface area contributed by atoms with Crippen LogP contribution >= 0.6 is 0 Å². The molecule has 1 fully saturated rings. The molecule has 1 saturated heterocycles. The van der Waals surface area contributed by atoms with Crippen molar-refractivity contribution < 1.29 is 8.42 Å². The van der Waals surface area contributed by atoms with Gasteiger partial charge in [-0.2, -0.15) is 4.31 Å². The molecule has 130 valence electrons. The molecule has 0 aromatic heterocycles. The first-order valence-corrected chi connectivity index (χ1v) is 10.3. The summed E-state index contributed by atoms with van der Waals surface area (Å²) in [5.74, 6) is 0.848. The molecule has 0 aliphatic carbocycles. The summed E-state index contributed by atoms with van der Waals surface area (Å²) in [6.45, 7) is 10.2. The van der Waals surface area contributed by atoms with E-state index < -0.39 is 10.0 Å². The molecule has 1 heterocycles. The average molecular weight is 339 g/mol. The van der Waals surface area contributed by atoms with E-state index in [0.29, 0.717) is 24.8 Å². The molecule has 0 spiro atoms. The molecule has 1 aliphatic heterocycles. The molecule has 1 aromatic carbocycles. The van der Waals surface area contributed by atoms with Gasteiger partial charge in [0.25, 0.3) is 0 Å². The van der Waals surface area contributed by atoms with Gasteiger partial charge in [0.05, 0.1) is 5.75 Å². The molecule has 0 radical (unpaired) electrons. The van der Waals surface area contributed by atoms with E-state index in [1.54, 1.807) is 4.31 Å². The number of hydrogen-bond donors (Lipinski definition) is 0. The molecule has 0 atom stereocenters. The summed E-state index contributed by atoms with van der Waals surface area (Å²) in [5.41, 5.74) is 2.66. The molecule has 1 aliphatic rings. The third-order valence-electron chi connectivity index (χ3n) is 4.53. The van der Waals surface area contributed by atoms with Crippen molar-refractivity contribution in [2.75, 3.05) is 31.9 Å². The average Bonchev–Trinajstić information content (AvgIpc) is 2.54. The first kappa shape index (κ1) is 18.4. The zero-order valence-electron chi connectivity index (χ0n) is 14.7. The number of unbranched alkanes of at least 4 members (excludes halogenated alkanes) is 1. The lowest BCUT2D eigenvalue weighted by Crippen LogP contribution is -2.48. The van der Waals surface area contributed by atoms with Gasteiger partial charge < -0.3 is 0 Å². The van der Waals surface area contributed by atoms with Crippen molar-refractivity contribution in [2.45, 2.75) is 46.1 Å². The van der Waals surface area contributed by atoms with Crippen LogP contribution in [0.3, 0.4) is 0 Å².